The SMILES string of the molecule is FC(F)(F)c1ccc2c(c1)N=C(NCc1ccccc1)C1(CCCCC1)N2. The van der Waals surface area contributed by atoms with Crippen molar-refractivity contribution in [3.05, 3.63) is 59.7 Å². The molecule has 3 nitrogen and oxygen atoms in total. The average molecular weight is 373 g/mol. The van der Waals surface area contributed by atoms with E-state index in [1.54, 1.807) is 0 Å². The lowest BCUT2D eigenvalue weighted by atomic mass is 9.79. The maximum absolute atomic E-state index is 13.1. The van der Waals surface area contributed by atoms with Crippen molar-refractivity contribution in [3.8, 4) is 0 Å². The highest BCUT2D eigenvalue weighted by Crippen LogP contribution is 2.42. The number of fused-ring (bicyclic) bond motifs is 1. The molecule has 1 fully saturated rings. The van der Waals surface area contributed by atoms with E-state index in [0.717, 1.165) is 49.2 Å². The highest BCUT2D eigenvalue weighted by Gasteiger charge is 2.41. The summed E-state index contributed by atoms with van der Waals surface area (Å²) >= 11 is 0. The number of aliphatic imine (C=N–C) groups is 1. The summed E-state index contributed by atoms with van der Waals surface area (Å²) in [4.78, 5) is 4.65. The second-order valence-electron chi connectivity index (χ2n) is 7.30. The van der Waals surface area contributed by atoms with Crippen LogP contribution in [0.3, 0.4) is 0 Å². The summed E-state index contributed by atoms with van der Waals surface area (Å²) in [7, 11) is 0. The van der Waals surface area contributed by atoms with Gasteiger partial charge < -0.3 is 10.6 Å². The Morgan fingerprint density at radius 2 is 1.74 bits per heavy atom. The van der Waals surface area contributed by atoms with Crippen LogP contribution >= 0.6 is 0 Å². The second kappa shape index (κ2) is 6.91. The van der Waals surface area contributed by atoms with E-state index >= 15 is 0 Å². The number of hydrogen-bond acceptors (Lipinski definition) is 3. The van der Waals surface area contributed by atoms with E-state index in [1.165, 1.54) is 12.5 Å². The average Bonchev–Trinajstić information content (AvgIpc) is 2.67. The third-order valence-electron chi connectivity index (χ3n) is 5.39. The van der Waals surface area contributed by atoms with Gasteiger partial charge in [-0.25, -0.2) is 4.99 Å². The Balaban J connectivity index is 1.68. The normalized spacial score (nSPS) is 18.4. The molecular weight excluding hydrogens is 351 g/mol. The molecule has 2 aliphatic rings. The Morgan fingerprint density at radius 1 is 1.00 bits per heavy atom. The molecule has 1 aliphatic carbocycles. The predicted molar refractivity (Wildman–Crippen MR) is 101 cm³/mol. The van der Waals surface area contributed by atoms with Crippen molar-refractivity contribution in [3.63, 3.8) is 0 Å². The maximum atomic E-state index is 13.1. The van der Waals surface area contributed by atoms with Gasteiger partial charge in [0.25, 0.3) is 0 Å². The van der Waals surface area contributed by atoms with E-state index in [4.69, 9.17) is 0 Å². The lowest BCUT2D eigenvalue weighted by Crippen LogP contribution is -2.54. The number of rotatable bonds is 2. The van der Waals surface area contributed by atoms with Gasteiger partial charge in [-0.2, -0.15) is 13.2 Å². The zero-order valence-electron chi connectivity index (χ0n) is 14.9. The fourth-order valence-electron chi connectivity index (χ4n) is 3.96. The molecule has 0 saturated heterocycles. The van der Waals surface area contributed by atoms with Crippen LogP contribution in [-0.4, -0.2) is 11.4 Å². The van der Waals surface area contributed by atoms with E-state index in [0.29, 0.717) is 17.9 Å². The first kappa shape index (κ1) is 17.9. The molecule has 2 N–H and O–H groups in total. The van der Waals surface area contributed by atoms with E-state index in [-0.39, 0.29) is 5.54 Å². The van der Waals surface area contributed by atoms with Gasteiger partial charge in [0.2, 0.25) is 0 Å². The summed E-state index contributed by atoms with van der Waals surface area (Å²) in [6.07, 6.45) is 0.809. The number of halogens is 3. The minimum absolute atomic E-state index is 0.320. The molecule has 0 atom stereocenters. The van der Waals surface area contributed by atoms with Crippen molar-refractivity contribution >= 4 is 17.2 Å². The van der Waals surface area contributed by atoms with Gasteiger partial charge in [-0.05, 0) is 36.6 Å². The van der Waals surface area contributed by atoms with Crippen LogP contribution in [0.4, 0.5) is 24.5 Å². The highest BCUT2D eigenvalue weighted by molar-refractivity contribution is 6.00. The summed E-state index contributed by atoms with van der Waals surface area (Å²) in [6, 6.07) is 13.7. The Hall–Kier alpha value is -2.50. The lowest BCUT2D eigenvalue weighted by Gasteiger charge is -2.42. The molecule has 0 aromatic heterocycles. The topological polar surface area (TPSA) is 36.4 Å². The standard InChI is InChI=1S/C21H22F3N3/c22-21(23,24)16-9-10-17-18(13-16)26-19(20(27-17)11-5-2-6-12-20)25-14-15-7-3-1-4-8-15/h1,3-4,7-10,13,27H,2,5-6,11-12,14H2,(H,25,26). The van der Waals surface area contributed by atoms with Crippen LogP contribution in [0.2, 0.25) is 0 Å². The Labute approximate surface area is 156 Å². The summed E-state index contributed by atoms with van der Waals surface area (Å²) < 4.78 is 39.3. The van der Waals surface area contributed by atoms with Crippen molar-refractivity contribution < 1.29 is 13.2 Å². The molecule has 0 unspecified atom stereocenters. The number of benzene rings is 2. The molecule has 0 amide bonds. The number of nitrogens with zero attached hydrogens (tertiary/aromatic N) is 1. The van der Waals surface area contributed by atoms with Gasteiger partial charge in [-0.3, -0.25) is 0 Å². The highest BCUT2D eigenvalue weighted by atomic mass is 19.4. The van der Waals surface area contributed by atoms with Crippen molar-refractivity contribution in [1.29, 1.82) is 0 Å². The largest absolute Gasteiger partial charge is 0.416 e. The van der Waals surface area contributed by atoms with Gasteiger partial charge in [0, 0.05) is 6.54 Å². The minimum Gasteiger partial charge on any atom is -0.371 e. The molecule has 1 spiro atoms. The van der Waals surface area contributed by atoms with Crippen molar-refractivity contribution in [2.24, 2.45) is 4.99 Å². The summed E-state index contributed by atoms with van der Waals surface area (Å²) in [5, 5.41) is 6.92. The van der Waals surface area contributed by atoms with Gasteiger partial charge in [-0.15, -0.1) is 0 Å². The fourth-order valence-corrected chi connectivity index (χ4v) is 3.96. The molecule has 0 bridgehead atoms. The molecule has 4 rings (SSSR count). The maximum Gasteiger partial charge on any atom is 0.416 e. The minimum atomic E-state index is -4.37. The van der Waals surface area contributed by atoms with Gasteiger partial charge in [-0.1, -0.05) is 49.6 Å². The molecule has 1 saturated carbocycles. The van der Waals surface area contributed by atoms with Crippen LogP contribution in [0.1, 0.15) is 43.2 Å². The molecule has 1 heterocycles. The lowest BCUT2D eigenvalue weighted by molar-refractivity contribution is -0.137. The molecule has 6 heteroatoms. The van der Waals surface area contributed by atoms with Crippen LogP contribution in [0.15, 0.2) is 53.5 Å². The Kier molecular flexibility index (Phi) is 4.58. The number of alkyl halides is 3. The second-order valence-corrected chi connectivity index (χ2v) is 7.30. The van der Waals surface area contributed by atoms with E-state index in [1.807, 2.05) is 30.3 Å². The van der Waals surface area contributed by atoms with Crippen molar-refractivity contribution in [2.75, 3.05) is 5.32 Å². The van der Waals surface area contributed by atoms with Gasteiger partial charge in [0.15, 0.2) is 0 Å². The molecular formula is C21H22F3N3. The first-order valence-corrected chi connectivity index (χ1v) is 9.33. The van der Waals surface area contributed by atoms with Gasteiger partial charge in [0.05, 0.1) is 22.5 Å². The quantitative estimate of drug-likeness (QED) is 0.713. The Morgan fingerprint density at radius 3 is 2.44 bits per heavy atom. The van der Waals surface area contributed by atoms with Crippen LogP contribution in [0.25, 0.3) is 0 Å². The molecule has 2 aromatic carbocycles. The van der Waals surface area contributed by atoms with Crippen LogP contribution in [-0.2, 0) is 12.7 Å². The zero-order valence-corrected chi connectivity index (χ0v) is 14.9. The number of hydrogen-bond donors (Lipinski definition) is 2. The van der Waals surface area contributed by atoms with Crippen LogP contribution in [0.5, 0.6) is 0 Å². The molecule has 0 radical (unpaired) electrons. The third kappa shape index (κ3) is 3.66. The summed E-state index contributed by atoms with van der Waals surface area (Å²) in [5.74, 6) is 0.748. The number of nitrogens with one attached hydrogen (secondary N) is 2. The first-order valence-electron chi connectivity index (χ1n) is 9.33. The summed E-state index contributed by atoms with van der Waals surface area (Å²) in [6.45, 7) is 0.595. The van der Waals surface area contributed by atoms with Crippen LogP contribution < -0.4 is 10.6 Å². The van der Waals surface area contributed by atoms with Crippen LogP contribution in [0, 0.1) is 0 Å². The van der Waals surface area contributed by atoms with E-state index in [2.05, 4.69) is 15.6 Å². The number of anilines is 1. The molecule has 2 aromatic rings. The molecule has 27 heavy (non-hydrogen) atoms. The van der Waals surface area contributed by atoms with Gasteiger partial charge in [0.1, 0.15) is 5.84 Å². The molecule has 1 aliphatic heterocycles. The van der Waals surface area contributed by atoms with Gasteiger partial charge >= 0.3 is 6.18 Å². The fraction of sp³-hybridized carbons (Fsp3) is 0.381. The monoisotopic (exact) mass is 373 g/mol. The predicted octanol–water partition coefficient (Wildman–Crippen LogP) is 5.65. The third-order valence-corrected chi connectivity index (χ3v) is 5.39. The smallest absolute Gasteiger partial charge is 0.371 e. The zero-order chi connectivity index (χ0) is 18.9. The summed E-state index contributed by atoms with van der Waals surface area (Å²) in [5.41, 5.74) is 1.14. The molecule has 142 valence electrons. The van der Waals surface area contributed by atoms with E-state index < -0.39 is 11.7 Å². The Bertz CT molecular complexity index is 837. The van der Waals surface area contributed by atoms with Crippen molar-refractivity contribution in [1.82, 2.24) is 5.32 Å². The number of amidine groups is 1. The van der Waals surface area contributed by atoms with Crippen molar-refractivity contribution in [2.45, 2.75) is 50.4 Å². The van der Waals surface area contributed by atoms with E-state index in [9.17, 15) is 13.2 Å². The first-order chi connectivity index (χ1) is 13.0.